The summed E-state index contributed by atoms with van der Waals surface area (Å²) in [6.45, 7) is 12.8. The minimum atomic E-state index is 0.313. The van der Waals surface area contributed by atoms with Crippen LogP contribution in [0.3, 0.4) is 0 Å². The van der Waals surface area contributed by atoms with Crippen molar-refractivity contribution >= 4 is 17.1 Å². The summed E-state index contributed by atoms with van der Waals surface area (Å²) in [7, 11) is 1.59. The standard InChI is InChI=1S/C9H12N4O.C7H13NO.C2H6/c1-4-13-6(2)12-7-8(13)10-5-11-9(7)14-3;1-2-7(9)8-5-3-4-6-8;1-2/h5H,4H2,1-3H3;2-6H2,1H3;1-2H3. The molecule has 25 heavy (non-hydrogen) atoms. The Balaban J connectivity index is 0.000000246. The molecule has 7 heteroatoms. The third-order valence-electron chi connectivity index (χ3n) is 3.96. The maximum absolute atomic E-state index is 10.9. The van der Waals surface area contributed by atoms with Crippen molar-refractivity contribution in [1.82, 2.24) is 24.4 Å². The lowest BCUT2D eigenvalue weighted by molar-refractivity contribution is -0.129. The van der Waals surface area contributed by atoms with Gasteiger partial charge in [-0.2, -0.15) is 4.98 Å². The lowest BCUT2D eigenvalue weighted by Gasteiger charge is -2.12. The van der Waals surface area contributed by atoms with Gasteiger partial charge in [0.1, 0.15) is 12.2 Å². The van der Waals surface area contributed by atoms with Crippen LogP contribution in [0.15, 0.2) is 6.33 Å². The summed E-state index contributed by atoms with van der Waals surface area (Å²) in [6, 6.07) is 0. The Morgan fingerprint density at radius 3 is 2.36 bits per heavy atom. The summed E-state index contributed by atoms with van der Waals surface area (Å²) in [5, 5.41) is 0. The number of amides is 1. The normalized spacial score (nSPS) is 13.0. The molecule has 7 nitrogen and oxygen atoms in total. The molecule has 0 radical (unpaired) electrons. The number of methoxy groups -OCH3 is 1. The van der Waals surface area contributed by atoms with E-state index in [1.54, 1.807) is 7.11 Å². The Bertz CT molecular complexity index is 663. The maximum Gasteiger partial charge on any atom is 0.245 e. The molecule has 0 unspecified atom stereocenters. The maximum atomic E-state index is 10.9. The highest BCUT2D eigenvalue weighted by Crippen LogP contribution is 2.20. The van der Waals surface area contributed by atoms with E-state index in [4.69, 9.17) is 4.74 Å². The summed E-state index contributed by atoms with van der Waals surface area (Å²) in [6.07, 6.45) is 4.56. The number of fused-ring (bicyclic) bond motifs is 1. The van der Waals surface area contributed by atoms with Gasteiger partial charge in [-0.1, -0.05) is 20.8 Å². The minimum Gasteiger partial charge on any atom is -0.479 e. The van der Waals surface area contributed by atoms with Gasteiger partial charge in [0, 0.05) is 26.1 Å². The first-order chi connectivity index (χ1) is 12.1. The molecular weight excluding hydrogens is 318 g/mol. The molecule has 1 fully saturated rings. The average Bonchev–Trinajstić information content (AvgIpc) is 3.30. The van der Waals surface area contributed by atoms with Crippen LogP contribution in [0.25, 0.3) is 11.2 Å². The average molecular weight is 349 g/mol. The molecule has 3 rings (SSSR count). The van der Waals surface area contributed by atoms with Gasteiger partial charge in [0.25, 0.3) is 0 Å². The van der Waals surface area contributed by atoms with Crippen LogP contribution in [-0.2, 0) is 11.3 Å². The Labute approximate surface area is 150 Å². The molecule has 0 spiro atoms. The van der Waals surface area contributed by atoms with Crippen molar-refractivity contribution < 1.29 is 9.53 Å². The minimum absolute atomic E-state index is 0.313. The highest BCUT2D eigenvalue weighted by Gasteiger charge is 2.15. The second-order valence-corrected chi connectivity index (χ2v) is 5.40. The smallest absolute Gasteiger partial charge is 0.245 e. The number of nitrogens with zero attached hydrogens (tertiary/aromatic N) is 5. The quantitative estimate of drug-likeness (QED) is 0.851. The summed E-state index contributed by atoms with van der Waals surface area (Å²) in [5.74, 6) is 1.78. The molecule has 140 valence electrons. The SMILES string of the molecule is CC.CCC(=O)N1CCCC1.CCn1c(C)nc2c(OC)ncnc21. The zero-order valence-electron chi connectivity index (χ0n) is 16.4. The number of hydrogen-bond donors (Lipinski definition) is 0. The first-order valence-electron chi connectivity index (χ1n) is 9.11. The predicted molar refractivity (Wildman–Crippen MR) is 99.7 cm³/mol. The number of aryl methyl sites for hydroxylation is 2. The monoisotopic (exact) mass is 349 g/mol. The first kappa shape index (κ1) is 20.9. The number of carbonyl (C=O) groups is 1. The van der Waals surface area contributed by atoms with Gasteiger partial charge in [0.15, 0.2) is 11.2 Å². The van der Waals surface area contributed by atoms with Crippen molar-refractivity contribution in [2.45, 2.75) is 60.4 Å². The van der Waals surface area contributed by atoms with Gasteiger partial charge in [0.05, 0.1) is 7.11 Å². The molecule has 1 amide bonds. The Morgan fingerprint density at radius 1 is 1.20 bits per heavy atom. The van der Waals surface area contributed by atoms with Gasteiger partial charge in [0.2, 0.25) is 11.8 Å². The van der Waals surface area contributed by atoms with Crippen LogP contribution in [0.5, 0.6) is 5.88 Å². The van der Waals surface area contributed by atoms with Crippen molar-refractivity contribution in [2.24, 2.45) is 0 Å². The van der Waals surface area contributed by atoms with Gasteiger partial charge >= 0.3 is 0 Å². The second kappa shape index (κ2) is 10.6. The zero-order chi connectivity index (χ0) is 18.8. The van der Waals surface area contributed by atoms with E-state index in [0.717, 1.165) is 36.6 Å². The van der Waals surface area contributed by atoms with Crippen LogP contribution in [0.4, 0.5) is 0 Å². The fraction of sp³-hybridized carbons (Fsp3) is 0.667. The molecule has 1 aliphatic rings. The third kappa shape index (κ3) is 5.14. The van der Waals surface area contributed by atoms with Gasteiger partial charge in [-0.15, -0.1) is 0 Å². The second-order valence-electron chi connectivity index (χ2n) is 5.40. The van der Waals surface area contributed by atoms with Crippen molar-refractivity contribution in [3.8, 4) is 5.88 Å². The van der Waals surface area contributed by atoms with Crippen molar-refractivity contribution in [2.75, 3.05) is 20.2 Å². The molecular formula is C18H31N5O2. The summed E-state index contributed by atoms with van der Waals surface area (Å²) >= 11 is 0. The number of ether oxygens (including phenoxy) is 1. The largest absolute Gasteiger partial charge is 0.479 e. The molecule has 3 heterocycles. The molecule has 0 saturated carbocycles. The van der Waals surface area contributed by atoms with E-state index in [2.05, 4.69) is 21.9 Å². The molecule has 1 aliphatic heterocycles. The van der Waals surface area contributed by atoms with E-state index < -0.39 is 0 Å². The molecule has 0 atom stereocenters. The van der Waals surface area contributed by atoms with Crippen molar-refractivity contribution in [3.05, 3.63) is 12.2 Å². The molecule has 0 aliphatic carbocycles. The fourth-order valence-electron chi connectivity index (χ4n) is 2.74. The lowest BCUT2D eigenvalue weighted by Crippen LogP contribution is -2.26. The van der Waals surface area contributed by atoms with Crippen molar-refractivity contribution in [1.29, 1.82) is 0 Å². The van der Waals surface area contributed by atoms with Gasteiger partial charge in [-0.05, 0) is 26.7 Å². The van der Waals surface area contributed by atoms with Crippen LogP contribution in [-0.4, -0.2) is 50.5 Å². The molecule has 0 bridgehead atoms. The Morgan fingerprint density at radius 2 is 1.84 bits per heavy atom. The Hall–Kier alpha value is -2.18. The van der Waals surface area contributed by atoms with Crippen LogP contribution in [0, 0.1) is 6.92 Å². The highest BCUT2D eigenvalue weighted by molar-refractivity contribution is 5.76. The van der Waals surface area contributed by atoms with E-state index in [9.17, 15) is 4.79 Å². The van der Waals surface area contributed by atoms with Crippen molar-refractivity contribution in [3.63, 3.8) is 0 Å². The Kier molecular flexibility index (Phi) is 8.88. The number of imidazole rings is 1. The number of likely N-dealkylation sites (tertiary alicyclic amines) is 1. The summed E-state index contributed by atoms with van der Waals surface area (Å²) in [4.78, 5) is 25.4. The van der Waals surface area contributed by atoms with E-state index in [1.165, 1.54) is 19.2 Å². The zero-order valence-corrected chi connectivity index (χ0v) is 16.4. The number of hydrogen-bond acceptors (Lipinski definition) is 5. The van der Waals surface area contributed by atoms with E-state index in [-0.39, 0.29) is 0 Å². The van der Waals surface area contributed by atoms with Crippen LogP contribution < -0.4 is 4.74 Å². The molecule has 1 saturated heterocycles. The van der Waals surface area contributed by atoms with Crippen LogP contribution in [0.1, 0.15) is 52.8 Å². The fourth-order valence-corrected chi connectivity index (χ4v) is 2.74. The molecule has 2 aromatic heterocycles. The topological polar surface area (TPSA) is 73.1 Å². The number of aromatic nitrogens is 4. The lowest BCUT2D eigenvalue weighted by atomic mass is 10.4. The van der Waals surface area contributed by atoms with E-state index >= 15 is 0 Å². The van der Waals surface area contributed by atoms with E-state index in [1.807, 2.05) is 37.2 Å². The molecule has 0 N–H and O–H groups in total. The number of carbonyl (C=O) groups excluding carboxylic acids is 1. The van der Waals surface area contributed by atoms with Gasteiger partial charge < -0.3 is 14.2 Å². The van der Waals surface area contributed by atoms with Crippen LogP contribution >= 0.6 is 0 Å². The molecule has 2 aromatic rings. The predicted octanol–water partition coefficient (Wildman–Crippen LogP) is 3.21. The summed E-state index contributed by atoms with van der Waals surface area (Å²) in [5.41, 5.74) is 1.56. The molecule has 0 aromatic carbocycles. The number of rotatable bonds is 3. The van der Waals surface area contributed by atoms with Gasteiger partial charge in [-0.25, -0.2) is 9.97 Å². The van der Waals surface area contributed by atoms with Crippen LogP contribution in [0.2, 0.25) is 0 Å². The first-order valence-corrected chi connectivity index (χ1v) is 9.11. The highest BCUT2D eigenvalue weighted by atomic mass is 16.5. The third-order valence-corrected chi connectivity index (χ3v) is 3.96. The van der Waals surface area contributed by atoms with Gasteiger partial charge in [-0.3, -0.25) is 4.79 Å². The summed E-state index contributed by atoms with van der Waals surface area (Å²) < 4.78 is 7.14. The van der Waals surface area contributed by atoms with E-state index in [0.29, 0.717) is 18.2 Å².